The molecule has 0 radical (unpaired) electrons. The van der Waals surface area contributed by atoms with Crippen LogP contribution in [-0.2, 0) is 6.42 Å². The van der Waals surface area contributed by atoms with Gasteiger partial charge in [-0.15, -0.1) is 0 Å². The average molecular weight is 261 g/mol. The first-order valence-electron chi connectivity index (χ1n) is 5.49. The van der Waals surface area contributed by atoms with Gasteiger partial charge in [0, 0.05) is 16.7 Å². The Kier molecular flexibility index (Phi) is 2.70. The van der Waals surface area contributed by atoms with Crippen molar-refractivity contribution in [3.63, 3.8) is 0 Å². The van der Waals surface area contributed by atoms with E-state index in [4.69, 9.17) is 23.2 Å². The van der Waals surface area contributed by atoms with E-state index in [-0.39, 0.29) is 0 Å². The molecule has 0 spiro atoms. The van der Waals surface area contributed by atoms with Gasteiger partial charge in [0.1, 0.15) is 0 Å². The lowest BCUT2D eigenvalue weighted by atomic mass is 10.1. The third-order valence-electron chi connectivity index (χ3n) is 3.06. The third kappa shape index (κ3) is 1.78. The largest absolute Gasteiger partial charge is 0.0881 e. The molecule has 0 fully saturated rings. The van der Waals surface area contributed by atoms with Gasteiger partial charge in [-0.3, -0.25) is 0 Å². The van der Waals surface area contributed by atoms with Crippen LogP contribution in [0.5, 0.6) is 0 Å². The Morgan fingerprint density at radius 2 is 1.41 bits per heavy atom. The molecule has 2 aromatic rings. The van der Waals surface area contributed by atoms with E-state index in [0.29, 0.717) is 0 Å². The van der Waals surface area contributed by atoms with Gasteiger partial charge in [-0.25, -0.2) is 0 Å². The van der Waals surface area contributed by atoms with Gasteiger partial charge in [-0.05, 0) is 16.3 Å². The highest BCUT2D eigenvalue weighted by atomic mass is 35.5. The van der Waals surface area contributed by atoms with E-state index in [9.17, 15) is 0 Å². The Morgan fingerprint density at radius 1 is 0.765 bits per heavy atom. The second kappa shape index (κ2) is 4.21. The Hall–Kier alpha value is -1.24. The smallest absolute Gasteiger partial charge is 0.0560 e. The van der Waals surface area contributed by atoms with E-state index < -0.39 is 0 Å². The van der Waals surface area contributed by atoms with Gasteiger partial charge in [-0.2, -0.15) is 0 Å². The van der Waals surface area contributed by atoms with E-state index in [0.717, 1.165) is 32.5 Å². The van der Waals surface area contributed by atoms with Gasteiger partial charge in [0.2, 0.25) is 0 Å². The van der Waals surface area contributed by atoms with Crippen LogP contribution in [0.15, 0.2) is 48.5 Å². The maximum atomic E-state index is 6.49. The molecule has 2 heteroatoms. The van der Waals surface area contributed by atoms with Crippen LogP contribution in [0.25, 0.3) is 10.1 Å². The van der Waals surface area contributed by atoms with Crippen LogP contribution >= 0.6 is 23.2 Å². The van der Waals surface area contributed by atoms with Crippen LogP contribution in [0, 0.1) is 0 Å². The maximum Gasteiger partial charge on any atom is 0.0560 e. The second-order valence-electron chi connectivity index (χ2n) is 4.10. The topological polar surface area (TPSA) is 0 Å². The van der Waals surface area contributed by atoms with Crippen molar-refractivity contribution < 1.29 is 0 Å². The number of halogens is 2. The van der Waals surface area contributed by atoms with Crippen molar-refractivity contribution in [1.82, 2.24) is 0 Å². The molecule has 1 aliphatic carbocycles. The van der Waals surface area contributed by atoms with E-state index in [1.165, 1.54) is 5.56 Å². The fourth-order valence-electron chi connectivity index (χ4n) is 2.21. The molecular formula is C15H10Cl2. The number of hydrogen-bond donors (Lipinski definition) is 0. The normalized spacial score (nSPS) is 14.0. The van der Waals surface area contributed by atoms with Gasteiger partial charge in [-0.1, -0.05) is 71.7 Å². The average Bonchev–Trinajstić information content (AvgIpc) is 2.48. The van der Waals surface area contributed by atoms with Crippen LogP contribution in [0.4, 0.5) is 0 Å². The van der Waals surface area contributed by atoms with Gasteiger partial charge in [0.05, 0.1) is 5.03 Å². The predicted octanol–water partition coefficient (Wildman–Crippen LogP) is 2.99. The van der Waals surface area contributed by atoms with Crippen molar-refractivity contribution in [2.75, 3.05) is 0 Å². The Morgan fingerprint density at radius 3 is 2.24 bits per heavy atom. The lowest BCUT2D eigenvalue weighted by Gasteiger charge is -2.05. The fourth-order valence-corrected chi connectivity index (χ4v) is 2.87. The molecular weight excluding hydrogens is 251 g/mol. The first-order chi connectivity index (χ1) is 8.27. The summed E-state index contributed by atoms with van der Waals surface area (Å²) >= 11 is 12.9. The van der Waals surface area contributed by atoms with Crippen molar-refractivity contribution >= 4 is 33.3 Å². The molecule has 0 bridgehead atoms. The maximum absolute atomic E-state index is 6.49. The quantitative estimate of drug-likeness (QED) is 0.684. The molecule has 84 valence electrons. The first kappa shape index (κ1) is 10.9. The van der Waals surface area contributed by atoms with Crippen LogP contribution in [0.1, 0.15) is 11.1 Å². The predicted molar refractivity (Wildman–Crippen MR) is 73.5 cm³/mol. The molecule has 2 aromatic carbocycles. The van der Waals surface area contributed by atoms with Crippen molar-refractivity contribution in [3.05, 3.63) is 70.1 Å². The van der Waals surface area contributed by atoms with E-state index in [1.54, 1.807) is 0 Å². The molecule has 0 N–H and O–H groups in total. The van der Waals surface area contributed by atoms with Gasteiger partial charge in [0.25, 0.3) is 0 Å². The molecule has 0 nitrogen and oxygen atoms in total. The highest BCUT2D eigenvalue weighted by Crippen LogP contribution is 2.25. The summed E-state index contributed by atoms with van der Waals surface area (Å²) in [4.78, 5) is 0. The summed E-state index contributed by atoms with van der Waals surface area (Å²) in [7, 11) is 0. The van der Waals surface area contributed by atoms with Crippen molar-refractivity contribution in [3.8, 4) is 0 Å². The standard InChI is InChI=1S/C15H10Cl2/c16-14-9-10-5-1-2-6-11(10)15(17)13-8-4-3-7-12(13)14/h1-8H,9H2. The van der Waals surface area contributed by atoms with Gasteiger partial charge >= 0.3 is 0 Å². The van der Waals surface area contributed by atoms with Gasteiger partial charge < -0.3 is 0 Å². The molecule has 0 aliphatic heterocycles. The van der Waals surface area contributed by atoms with Gasteiger partial charge in [0.15, 0.2) is 0 Å². The zero-order chi connectivity index (χ0) is 11.8. The molecule has 0 saturated heterocycles. The summed E-state index contributed by atoms with van der Waals surface area (Å²) in [6, 6.07) is 16.1. The second-order valence-corrected chi connectivity index (χ2v) is 4.93. The molecule has 1 aliphatic rings. The van der Waals surface area contributed by atoms with E-state index >= 15 is 0 Å². The molecule has 0 saturated carbocycles. The number of fused-ring (bicyclic) bond motifs is 2. The monoisotopic (exact) mass is 260 g/mol. The molecule has 0 heterocycles. The van der Waals surface area contributed by atoms with Crippen molar-refractivity contribution in [2.24, 2.45) is 0 Å². The summed E-state index contributed by atoms with van der Waals surface area (Å²) < 4.78 is 0. The lowest BCUT2D eigenvalue weighted by molar-refractivity contribution is 1.30. The fraction of sp³-hybridized carbons (Fsp3) is 0.0667. The molecule has 0 amide bonds. The summed E-state index contributed by atoms with van der Waals surface area (Å²) in [6.45, 7) is 0. The van der Waals surface area contributed by atoms with Crippen LogP contribution in [0.3, 0.4) is 0 Å². The number of hydrogen-bond acceptors (Lipinski definition) is 0. The first-order valence-corrected chi connectivity index (χ1v) is 6.25. The lowest BCUT2D eigenvalue weighted by Crippen LogP contribution is -2.26. The zero-order valence-electron chi connectivity index (χ0n) is 9.08. The Balaban J connectivity index is 2.50. The van der Waals surface area contributed by atoms with Crippen LogP contribution < -0.4 is 10.4 Å². The minimum Gasteiger partial charge on any atom is -0.0881 e. The zero-order valence-corrected chi connectivity index (χ0v) is 10.6. The SMILES string of the molecule is ClC1=c2ccccc2=C(Cl)c2ccccc2C1. The van der Waals surface area contributed by atoms with E-state index in [2.05, 4.69) is 6.07 Å². The molecule has 17 heavy (non-hydrogen) atoms. The van der Waals surface area contributed by atoms with Crippen LogP contribution in [-0.4, -0.2) is 0 Å². The van der Waals surface area contributed by atoms with Crippen molar-refractivity contribution in [2.45, 2.75) is 6.42 Å². The summed E-state index contributed by atoms with van der Waals surface area (Å²) in [5.74, 6) is 0. The van der Waals surface area contributed by atoms with Crippen LogP contribution in [0.2, 0.25) is 0 Å². The highest BCUT2D eigenvalue weighted by molar-refractivity contribution is 6.49. The molecule has 0 unspecified atom stereocenters. The summed E-state index contributed by atoms with van der Waals surface area (Å²) in [6.07, 6.45) is 0.741. The summed E-state index contributed by atoms with van der Waals surface area (Å²) in [5, 5.41) is 3.69. The Bertz CT molecular complexity index is 699. The van der Waals surface area contributed by atoms with Crippen molar-refractivity contribution in [1.29, 1.82) is 0 Å². The molecule has 0 aromatic heterocycles. The summed E-state index contributed by atoms with van der Waals surface area (Å²) in [5.41, 5.74) is 2.26. The molecule has 0 atom stereocenters. The third-order valence-corrected chi connectivity index (χ3v) is 3.80. The number of rotatable bonds is 0. The highest BCUT2D eigenvalue weighted by Gasteiger charge is 2.12. The minimum atomic E-state index is 0.741. The number of benzene rings is 2. The Labute approximate surface area is 110 Å². The molecule has 3 rings (SSSR count). The minimum absolute atomic E-state index is 0.741. The van der Waals surface area contributed by atoms with E-state index in [1.807, 2.05) is 42.5 Å².